The molecule has 39 heavy (non-hydrogen) atoms. The fourth-order valence-electron chi connectivity index (χ4n) is 5.81. The molecule has 4 heterocycles. The fraction of sp³-hybridized carbons (Fsp3) is 0.393. The Balaban J connectivity index is 1.30. The second-order valence-corrected chi connectivity index (χ2v) is 10.3. The summed E-state index contributed by atoms with van der Waals surface area (Å²) < 4.78 is 26.0. The first-order valence-electron chi connectivity index (χ1n) is 13.1. The van der Waals surface area contributed by atoms with E-state index in [2.05, 4.69) is 27.4 Å². The number of ether oxygens (including phenoxy) is 1. The van der Waals surface area contributed by atoms with Gasteiger partial charge in [-0.2, -0.15) is 0 Å². The lowest BCUT2D eigenvalue weighted by atomic mass is 9.95. The molecule has 0 radical (unpaired) electrons. The third kappa shape index (κ3) is 4.17. The minimum absolute atomic E-state index is 0.0366. The number of carbonyl (C=O) groups excluding carboxylic acids is 3. The number of rotatable bonds is 7. The Morgan fingerprint density at radius 1 is 1.08 bits per heavy atom. The average molecular weight is 536 g/mol. The monoisotopic (exact) mass is 535 g/mol. The maximum absolute atomic E-state index is 14.9. The van der Waals surface area contributed by atoms with Crippen LogP contribution in [-0.2, 0) is 16.9 Å². The van der Waals surface area contributed by atoms with Crippen molar-refractivity contribution in [3.63, 3.8) is 0 Å². The van der Waals surface area contributed by atoms with Gasteiger partial charge in [0.25, 0.3) is 11.8 Å². The van der Waals surface area contributed by atoms with Gasteiger partial charge < -0.3 is 24.3 Å². The number of nitrogens with one attached hydrogen (secondary N) is 2. The molecular weight excluding hydrogens is 505 g/mol. The molecule has 4 amide bonds. The molecule has 0 unspecified atom stereocenters. The van der Waals surface area contributed by atoms with Gasteiger partial charge in [-0.3, -0.25) is 19.8 Å². The number of nitrogens with zero attached hydrogens (tertiary/aromatic N) is 3. The molecule has 0 aliphatic carbocycles. The number of anilines is 1. The number of imide groups is 1. The molecule has 204 valence electrons. The van der Waals surface area contributed by atoms with Crippen LogP contribution in [0.5, 0.6) is 5.75 Å². The molecule has 0 saturated carbocycles. The summed E-state index contributed by atoms with van der Waals surface area (Å²) in [5, 5.41) is 5.73. The summed E-state index contributed by atoms with van der Waals surface area (Å²) in [5.41, 5.74) is 0.322. The summed E-state index contributed by atoms with van der Waals surface area (Å²) in [4.78, 5) is 44.9. The quantitative estimate of drug-likeness (QED) is 0.448. The number of amides is 4. The van der Waals surface area contributed by atoms with Crippen LogP contribution in [0, 0.1) is 5.82 Å². The van der Waals surface area contributed by atoms with E-state index in [0.29, 0.717) is 11.1 Å². The van der Waals surface area contributed by atoms with Gasteiger partial charge in [0, 0.05) is 43.8 Å². The summed E-state index contributed by atoms with van der Waals surface area (Å²) in [6.07, 6.45) is 1.13. The van der Waals surface area contributed by atoms with Crippen LogP contribution in [0.25, 0.3) is 11.0 Å². The van der Waals surface area contributed by atoms with E-state index in [9.17, 15) is 18.8 Å². The smallest absolute Gasteiger partial charge is 0.322 e. The first-order valence-corrected chi connectivity index (χ1v) is 13.1. The van der Waals surface area contributed by atoms with E-state index in [1.165, 1.54) is 18.1 Å². The predicted molar refractivity (Wildman–Crippen MR) is 141 cm³/mol. The van der Waals surface area contributed by atoms with Crippen LogP contribution >= 0.6 is 0 Å². The molecule has 2 N–H and O–H groups in total. The SMILES string of the molecule is CCCN1CCN(c2ccc3oc([C@]4(CN5Cc6ccc(OC)c(F)c6C5=O)NC(=O)NC4=O)cc3c2)CC1. The zero-order valence-corrected chi connectivity index (χ0v) is 21.9. The Hall–Kier alpha value is -4.12. The molecule has 10 nitrogen and oxygen atoms in total. The second-order valence-electron chi connectivity index (χ2n) is 10.3. The number of fused-ring (bicyclic) bond motifs is 2. The lowest BCUT2D eigenvalue weighted by Crippen LogP contribution is -2.52. The Morgan fingerprint density at radius 3 is 2.56 bits per heavy atom. The van der Waals surface area contributed by atoms with Gasteiger partial charge in [0.05, 0.1) is 19.2 Å². The summed E-state index contributed by atoms with van der Waals surface area (Å²) in [5.74, 6) is -1.81. The summed E-state index contributed by atoms with van der Waals surface area (Å²) in [6.45, 7) is 6.95. The first-order chi connectivity index (χ1) is 18.8. The number of halogens is 1. The van der Waals surface area contributed by atoms with E-state index >= 15 is 0 Å². The number of furan rings is 1. The molecule has 2 fully saturated rings. The maximum Gasteiger partial charge on any atom is 0.322 e. The Morgan fingerprint density at radius 2 is 1.87 bits per heavy atom. The normalized spacial score (nSPS) is 21.5. The van der Waals surface area contributed by atoms with Crippen LogP contribution in [-0.4, -0.2) is 74.0 Å². The highest BCUT2D eigenvalue weighted by atomic mass is 19.1. The highest BCUT2D eigenvalue weighted by Gasteiger charge is 2.53. The molecule has 2 aromatic carbocycles. The standard InChI is InChI=1S/C28H30FN5O5/c1-3-8-32-9-11-33(12-10-32)19-5-7-20-18(13-19)14-22(39-20)28(26(36)30-27(37)31-28)16-34-15-17-4-6-21(38-2)24(29)23(17)25(34)35/h4-7,13-14H,3,8-12,15-16H2,1-2H3,(H2,30,31,36,37)/t28-/m0/s1. The zero-order valence-electron chi connectivity index (χ0n) is 21.9. The van der Waals surface area contributed by atoms with E-state index in [4.69, 9.17) is 9.15 Å². The van der Waals surface area contributed by atoms with Gasteiger partial charge in [-0.25, -0.2) is 9.18 Å². The van der Waals surface area contributed by atoms with E-state index < -0.39 is 29.2 Å². The van der Waals surface area contributed by atoms with Gasteiger partial charge >= 0.3 is 6.03 Å². The second kappa shape index (κ2) is 9.57. The summed E-state index contributed by atoms with van der Waals surface area (Å²) in [7, 11) is 1.33. The molecule has 0 spiro atoms. The zero-order chi connectivity index (χ0) is 27.3. The molecule has 1 atom stereocenters. The van der Waals surface area contributed by atoms with Crippen LogP contribution in [0.3, 0.4) is 0 Å². The molecule has 3 aromatic rings. The lowest BCUT2D eigenvalue weighted by molar-refractivity contribution is -0.125. The van der Waals surface area contributed by atoms with Gasteiger partial charge in [0.15, 0.2) is 17.1 Å². The molecule has 6 rings (SSSR count). The average Bonchev–Trinajstić information content (AvgIpc) is 3.58. The van der Waals surface area contributed by atoms with E-state index in [1.54, 1.807) is 12.1 Å². The van der Waals surface area contributed by atoms with Crippen LogP contribution in [0.2, 0.25) is 0 Å². The van der Waals surface area contributed by atoms with Crippen molar-refractivity contribution in [3.8, 4) is 5.75 Å². The Labute approximate surface area is 224 Å². The fourth-order valence-corrected chi connectivity index (χ4v) is 5.81. The molecular formula is C28H30FN5O5. The topological polar surface area (TPSA) is 107 Å². The minimum atomic E-state index is -1.67. The van der Waals surface area contributed by atoms with Gasteiger partial charge in [-0.05, 0) is 48.9 Å². The number of hydrogen-bond acceptors (Lipinski definition) is 7. The molecule has 11 heteroatoms. The minimum Gasteiger partial charge on any atom is -0.494 e. The van der Waals surface area contributed by atoms with E-state index in [0.717, 1.165) is 50.2 Å². The van der Waals surface area contributed by atoms with Crippen LogP contribution in [0.15, 0.2) is 40.8 Å². The van der Waals surface area contributed by atoms with Gasteiger partial charge in [-0.1, -0.05) is 13.0 Å². The maximum atomic E-state index is 14.9. The molecule has 0 bridgehead atoms. The first kappa shape index (κ1) is 25.2. The Bertz CT molecular complexity index is 1480. The summed E-state index contributed by atoms with van der Waals surface area (Å²) >= 11 is 0. The van der Waals surface area contributed by atoms with Gasteiger partial charge in [-0.15, -0.1) is 0 Å². The van der Waals surface area contributed by atoms with Gasteiger partial charge in [0.2, 0.25) is 0 Å². The molecule has 2 saturated heterocycles. The number of urea groups is 1. The summed E-state index contributed by atoms with van der Waals surface area (Å²) in [6, 6.07) is 9.98. The molecule has 3 aliphatic rings. The highest BCUT2D eigenvalue weighted by Crippen LogP contribution is 2.37. The van der Waals surface area contributed by atoms with Crippen LogP contribution < -0.4 is 20.3 Å². The van der Waals surface area contributed by atoms with Crippen LogP contribution in [0.4, 0.5) is 14.9 Å². The largest absolute Gasteiger partial charge is 0.494 e. The Kier molecular flexibility index (Phi) is 6.17. The van der Waals surface area contributed by atoms with Crippen molar-refractivity contribution in [2.24, 2.45) is 0 Å². The number of piperazine rings is 1. The van der Waals surface area contributed by atoms with Gasteiger partial charge in [0.1, 0.15) is 11.3 Å². The third-order valence-corrected chi connectivity index (χ3v) is 7.84. The number of carbonyl (C=O) groups is 3. The molecule has 1 aromatic heterocycles. The third-order valence-electron chi connectivity index (χ3n) is 7.84. The van der Waals surface area contributed by atoms with E-state index in [1.807, 2.05) is 18.2 Å². The van der Waals surface area contributed by atoms with Crippen molar-refractivity contribution in [1.82, 2.24) is 20.4 Å². The number of hydrogen-bond donors (Lipinski definition) is 2. The van der Waals surface area contributed by atoms with E-state index in [-0.39, 0.29) is 30.2 Å². The highest BCUT2D eigenvalue weighted by molar-refractivity contribution is 6.08. The molecule has 3 aliphatic heterocycles. The van der Waals surface area contributed by atoms with Crippen molar-refractivity contribution >= 4 is 34.5 Å². The number of methoxy groups -OCH3 is 1. The van der Waals surface area contributed by atoms with Crippen molar-refractivity contribution in [3.05, 3.63) is 59.1 Å². The lowest BCUT2D eigenvalue weighted by Gasteiger charge is -2.36. The van der Waals surface area contributed by atoms with Crippen molar-refractivity contribution < 1.29 is 27.9 Å². The van der Waals surface area contributed by atoms with Crippen molar-refractivity contribution in [2.45, 2.75) is 25.4 Å². The van der Waals surface area contributed by atoms with Crippen molar-refractivity contribution in [2.75, 3.05) is 51.3 Å². The van der Waals surface area contributed by atoms with Crippen LogP contribution in [0.1, 0.15) is 35.0 Å². The predicted octanol–water partition coefficient (Wildman–Crippen LogP) is 2.80. The number of benzene rings is 2. The van der Waals surface area contributed by atoms with Crippen molar-refractivity contribution in [1.29, 1.82) is 0 Å².